The Morgan fingerprint density at radius 3 is 2.45 bits per heavy atom. The number of sulfonamides is 1. The van der Waals surface area contributed by atoms with Crippen molar-refractivity contribution < 1.29 is 12.8 Å². The smallest absolute Gasteiger partial charge is 0.245 e. The number of nitrogens with two attached hydrogens (primary N) is 1. The van der Waals surface area contributed by atoms with Crippen LogP contribution in [0.1, 0.15) is 6.92 Å². The summed E-state index contributed by atoms with van der Waals surface area (Å²) in [4.78, 5) is 2.13. The van der Waals surface area contributed by atoms with E-state index in [1.807, 2.05) is 6.92 Å². The van der Waals surface area contributed by atoms with Crippen LogP contribution in [0.2, 0.25) is 0 Å². The van der Waals surface area contributed by atoms with Gasteiger partial charge < -0.3 is 10.6 Å². The number of hydrogen-bond acceptors (Lipinski definition) is 4. The molecule has 2 N–H and O–H groups in total. The summed E-state index contributed by atoms with van der Waals surface area (Å²) in [6.07, 6.45) is 0. The Kier molecular flexibility index (Phi) is 4.68. The summed E-state index contributed by atoms with van der Waals surface area (Å²) in [5, 5.41) is 0. The van der Waals surface area contributed by atoms with Gasteiger partial charge >= 0.3 is 0 Å². The molecule has 112 valence electrons. The van der Waals surface area contributed by atoms with Gasteiger partial charge in [-0.2, -0.15) is 4.31 Å². The van der Waals surface area contributed by atoms with Crippen molar-refractivity contribution in [3.05, 3.63) is 22.4 Å². The van der Waals surface area contributed by atoms with Gasteiger partial charge in [0.25, 0.3) is 0 Å². The molecule has 0 aliphatic carbocycles. The molecule has 0 aromatic heterocycles. The second-order valence-corrected chi connectivity index (χ2v) is 7.40. The molecule has 1 heterocycles. The van der Waals surface area contributed by atoms with Gasteiger partial charge in [0.2, 0.25) is 10.0 Å². The molecule has 2 rings (SSSR count). The first-order valence-corrected chi connectivity index (χ1v) is 8.56. The van der Waals surface area contributed by atoms with E-state index in [-0.39, 0.29) is 15.1 Å². The molecule has 8 heteroatoms. The molecule has 20 heavy (non-hydrogen) atoms. The van der Waals surface area contributed by atoms with Crippen molar-refractivity contribution in [1.29, 1.82) is 0 Å². The Balaban J connectivity index is 2.30. The van der Waals surface area contributed by atoms with Crippen LogP contribution in [0.15, 0.2) is 21.5 Å². The van der Waals surface area contributed by atoms with E-state index in [4.69, 9.17) is 5.73 Å². The van der Waals surface area contributed by atoms with Gasteiger partial charge in [0.05, 0.1) is 10.2 Å². The molecule has 1 aliphatic rings. The normalized spacial score (nSPS) is 18.4. The van der Waals surface area contributed by atoms with Gasteiger partial charge in [-0.15, -0.1) is 0 Å². The minimum atomic E-state index is -3.68. The van der Waals surface area contributed by atoms with Gasteiger partial charge in [-0.3, -0.25) is 0 Å². The van der Waals surface area contributed by atoms with Crippen molar-refractivity contribution in [2.45, 2.75) is 11.8 Å². The maximum atomic E-state index is 13.3. The van der Waals surface area contributed by atoms with Crippen molar-refractivity contribution in [1.82, 2.24) is 9.21 Å². The molecule has 0 amide bonds. The SMILES string of the molecule is CCN1CCN(S(=O)(=O)c2cc(Br)c(F)cc2N)CC1. The van der Waals surface area contributed by atoms with Crippen LogP contribution in [0, 0.1) is 5.82 Å². The van der Waals surface area contributed by atoms with E-state index in [1.54, 1.807) is 0 Å². The Bertz CT molecular complexity index is 601. The third-order valence-electron chi connectivity index (χ3n) is 3.45. The summed E-state index contributed by atoms with van der Waals surface area (Å²) in [7, 11) is -3.68. The molecule has 1 aliphatic heterocycles. The van der Waals surface area contributed by atoms with Crippen molar-refractivity contribution in [3.8, 4) is 0 Å². The fourth-order valence-electron chi connectivity index (χ4n) is 2.19. The molecular formula is C12H17BrFN3O2S. The maximum absolute atomic E-state index is 13.3. The highest BCUT2D eigenvalue weighted by atomic mass is 79.9. The van der Waals surface area contributed by atoms with Crippen LogP contribution in [0.3, 0.4) is 0 Å². The van der Waals surface area contributed by atoms with Crippen LogP contribution in [-0.4, -0.2) is 50.3 Å². The molecule has 1 aromatic rings. The zero-order valence-corrected chi connectivity index (χ0v) is 13.5. The van der Waals surface area contributed by atoms with E-state index in [0.29, 0.717) is 26.2 Å². The highest BCUT2D eigenvalue weighted by Gasteiger charge is 2.30. The van der Waals surface area contributed by atoms with Crippen molar-refractivity contribution in [3.63, 3.8) is 0 Å². The quantitative estimate of drug-likeness (QED) is 0.824. The predicted molar refractivity (Wildman–Crippen MR) is 79.4 cm³/mol. The van der Waals surface area contributed by atoms with E-state index < -0.39 is 15.8 Å². The molecule has 0 unspecified atom stereocenters. The lowest BCUT2D eigenvalue weighted by atomic mass is 10.3. The number of hydrogen-bond donors (Lipinski definition) is 1. The first-order valence-electron chi connectivity index (χ1n) is 6.33. The van der Waals surface area contributed by atoms with E-state index in [9.17, 15) is 12.8 Å². The molecule has 0 radical (unpaired) electrons. The van der Waals surface area contributed by atoms with E-state index in [2.05, 4.69) is 20.8 Å². The van der Waals surface area contributed by atoms with Crippen molar-refractivity contribution in [2.75, 3.05) is 38.5 Å². The van der Waals surface area contributed by atoms with Crippen LogP contribution in [0.5, 0.6) is 0 Å². The van der Waals surface area contributed by atoms with Gasteiger partial charge in [0.1, 0.15) is 10.7 Å². The van der Waals surface area contributed by atoms with E-state index in [1.165, 1.54) is 10.4 Å². The van der Waals surface area contributed by atoms with Crippen LogP contribution in [0.4, 0.5) is 10.1 Å². The Labute approximate surface area is 126 Å². The van der Waals surface area contributed by atoms with Gasteiger partial charge in [-0.25, -0.2) is 12.8 Å². The minimum absolute atomic E-state index is 0.0456. The van der Waals surface area contributed by atoms with E-state index in [0.717, 1.165) is 12.6 Å². The van der Waals surface area contributed by atoms with E-state index >= 15 is 0 Å². The Morgan fingerprint density at radius 1 is 1.30 bits per heavy atom. The second kappa shape index (κ2) is 5.97. The molecule has 1 aromatic carbocycles. The molecule has 0 atom stereocenters. The number of nitrogen functional groups attached to an aromatic ring is 1. The van der Waals surface area contributed by atoms with Crippen molar-refractivity contribution >= 4 is 31.6 Å². The van der Waals surface area contributed by atoms with Gasteiger partial charge in [-0.05, 0) is 34.6 Å². The number of piperazine rings is 1. The van der Waals surface area contributed by atoms with Crippen LogP contribution in [0.25, 0.3) is 0 Å². The number of rotatable bonds is 3. The second-order valence-electron chi connectivity index (χ2n) is 4.64. The molecule has 1 saturated heterocycles. The molecule has 0 saturated carbocycles. The highest BCUT2D eigenvalue weighted by molar-refractivity contribution is 9.10. The minimum Gasteiger partial charge on any atom is -0.398 e. The van der Waals surface area contributed by atoms with Crippen molar-refractivity contribution in [2.24, 2.45) is 0 Å². The fourth-order valence-corrected chi connectivity index (χ4v) is 4.23. The molecule has 0 spiro atoms. The Hall–Kier alpha value is -0.700. The summed E-state index contributed by atoms with van der Waals surface area (Å²) in [6.45, 7) is 5.17. The topological polar surface area (TPSA) is 66.6 Å². The average Bonchev–Trinajstić information content (AvgIpc) is 2.42. The zero-order valence-electron chi connectivity index (χ0n) is 11.1. The fraction of sp³-hybridized carbons (Fsp3) is 0.500. The first kappa shape index (κ1) is 15.7. The number of halogens is 2. The van der Waals surface area contributed by atoms with Gasteiger partial charge in [-0.1, -0.05) is 6.92 Å². The number of anilines is 1. The third-order valence-corrected chi connectivity index (χ3v) is 6.01. The third kappa shape index (κ3) is 2.98. The summed E-state index contributed by atoms with van der Waals surface area (Å²) < 4.78 is 39.9. The number of likely N-dealkylation sites (N-methyl/N-ethyl adjacent to an activating group) is 1. The average molecular weight is 366 g/mol. The first-order chi connectivity index (χ1) is 9.36. The Morgan fingerprint density at radius 2 is 1.90 bits per heavy atom. The molecular weight excluding hydrogens is 349 g/mol. The van der Waals surface area contributed by atoms with Crippen LogP contribution in [-0.2, 0) is 10.0 Å². The van der Waals surface area contributed by atoms with Gasteiger partial charge in [0, 0.05) is 26.2 Å². The molecule has 5 nitrogen and oxygen atoms in total. The van der Waals surface area contributed by atoms with Gasteiger partial charge in [0.15, 0.2) is 0 Å². The highest BCUT2D eigenvalue weighted by Crippen LogP contribution is 2.28. The lowest BCUT2D eigenvalue weighted by molar-refractivity contribution is 0.196. The predicted octanol–water partition coefficient (Wildman–Crippen LogP) is 1.50. The standard InChI is InChI=1S/C12H17BrFN3O2S/c1-2-16-3-5-17(6-4-16)20(18,19)12-7-9(13)10(14)8-11(12)15/h7-8H,2-6,15H2,1H3. The molecule has 0 bridgehead atoms. The van der Waals surface area contributed by atoms with Crippen LogP contribution >= 0.6 is 15.9 Å². The summed E-state index contributed by atoms with van der Waals surface area (Å²) in [5.41, 5.74) is 5.59. The zero-order chi connectivity index (χ0) is 14.9. The monoisotopic (exact) mass is 365 g/mol. The summed E-state index contributed by atoms with van der Waals surface area (Å²) in [6, 6.07) is 2.26. The number of nitrogens with zero attached hydrogens (tertiary/aromatic N) is 2. The lowest BCUT2D eigenvalue weighted by Gasteiger charge is -2.33. The lowest BCUT2D eigenvalue weighted by Crippen LogP contribution is -2.48. The summed E-state index contributed by atoms with van der Waals surface area (Å²) in [5.74, 6) is -0.572. The molecule has 1 fully saturated rings. The maximum Gasteiger partial charge on any atom is 0.245 e. The van der Waals surface area contributed by atoms with Crippen LogP contribution < -0.4 is 5.73 Å². The summed E-state index contributed by atoms with van der Waals surface area (Å²) >= 11 is 3.00. The number of benzene rings is 1. The largest absolute Gasteiger partial charge is 0.398 e.